The van der Waals surface area contributed by atoms with E-state index in [9.17, 15) is 0 Å². The largest absolute Gasteiger partial charge is 0.100 e. The number of hydrogen-bond donors (Lipinski definition) is 0. The Labute approximate surface area is 82.4 Å². The van der Waals surface area contributed by atoms with Crippen molar-refractivity contribution in [3.8, 4) is 0 Å². The van der Waals surface area contributed by atoms with Crippen LogP contribution >= 0.6 is 0 Å². The van der Waals surface area contributed by atoms with E-state index >= 15 is 0 Å². The lowest BCUT2D eigenvalue weighted by molar-refractivity contribution is 0.583. The highest BCUT2D eigenvalue weighted by Gasteiger charge is 2.74. The summed E-state index contributed by atoms with van der Waals surface area (Å²) in [6.45, 7) is 11.0. The molecule has 0 nitrogen and oxygen atoms in total. The third-order valence-corrected chi connectivity index (χ3v) is 4.43. The zero-order valence-corrected chi connectivity index (χ0v) is 9.27. The smallest absolute Gasteiger partial charge is 0.0203 e. The Morgan fingerprint density at radius 2 is 2.23 bits per heavy atom. The normalized spacial score (nSPS) is 46.5. The van der Waals surface area contributed by atoms with Gasteiger partial charge in [-0.05, 0) is 49.4 Å². The molecule has 2 saturated carbocycles. The van der Waals surface area contributed by atoms with Crippen LogP contribution in [0.5, 0.6) is 0 Å². The van der Waals surface area contributed by atoms with Crippen molar-refractivity contribution in [1.29, 1.82) is 0 Å². The fourth-order valence-electron chi connectivity index (χ4n) is 3.65. The van der Waals surface area contributed by atoms with Crippen molar-refractivity contribution in [2.45, 2.75) is 46.5 Å². The minimum atomic E-state index is 0.814. The van der Waals surface area contributed by atoms with Gasteiger partial charge >= 0.3 is 0 Å². The molecule has 0 amide bonds. The zero-order valence-electron chi connectivity index (χ0n) is 9.27. The Morgan fingerprint density at radius 1 is 1.54 bits per heavy atom. The van der Waals surface area contributed by atoms with Crippen LogP contribution < -0.4 is 0 Å². The molecule has 13 heavy (non-hydrogen) atoms. The average molecular weight is 178 g/mol. The third kappa shape index (κ3) is 1.26. The van der Waals surface area contributed by atoms with Gasteiger partial charge in [0, 0.05) is 0 Å². The second-order valence-electron chi connectivity index (χ2n) is 5.36. The summed E-state index contributed by atoms with van der Waals surface area (Å²) in [5.74, 6) is 3.11. The van der Waals surface area contributed by atoms with Gasteiger partial charge in [-0.2, -0.15) is 0 Å². The van der Waals surface area contributed by atoms with Gasteiger partial charge < -0.3 is 0 Å². The first-order valence-electron chi connectivity index (χ1n) is 5.77. The van der Waals surface area contributed by atoms with Crippen LogP contribution in [0.15, 0.2) is 12.2 Å². The maximum Gasteiger partial charge on any atom is -0.0203 e. The lowest BCUT2D eigenvalue weighted by atomic mass is 10.1. The van der Waals surface area contributed by atoms with E-state index in [0.717, 1.165) is 23.2 Å². The van der Waals surface area contributed by atoms with E-state index in [2.05, 4.69) is 27.4 Å². The summed E-state index contributed by atoms with van der Waals surface area (Å²) in [5, 5.41) is 0. The van der Waals surface area contributed by atoms with Crippen LogP contribution in [0.3, 0.4) is 0 Å². The van der Waals surface area contributed by atoms with Crippen molar-refractivity contribution in [3.63, 3.8) is 0 Å². The van der Waals surface area contributed by atoms with Crippen molar-refractivity contribution < 1.29 is 0 Å². The minimum absolute atomic E-state index is 0.814. The Morgan fingerprint density at radius 3 is 2.77 bits per heavy atom. The second-order valence-corrected chi connectivity index (χ2v) is 5.36. The van der Waals surface area contributed by atoms with E-state index in [1.54, 1.807) is 0 Å². The molecule has 0 bridgehead atoms. The summed E-state index contributed by atoms with van der Waals surface area (Å²) in [4.78, 5) is 0. The predicted octanol–water partition coefficient (Wildman–Crippen LogP) is 4.02. The fourth-order valence-corrected chi connectivity index (χ4v) is 3.65. The molecule has 0 saturated heterocycles. The molecule has 4 atom stereocenters. The molecule has 0 aromatic heterocycles. The molecule has 2 aliphatic rings. The summed E-state index contributed by atoms with van der Waals surface area (Å²) in [6.07, 6.45) is 5.64. The SMILES string of the molecule is C=C(C)CC1CC12C(C)C2CCC. The lowest BCUT2D eigenvalue weighted by Crippen LogP contribution is -1.87. The predicted molar refractivity (Wildman–Crippen MR) is 57.5 cm³/mol. The van der Waals surface area contributed by atoms with Crippen LogP contribution in [0.1, 0.15) is 46.5 Å². The van der Waals surface area contributed by atoms with Crippen molar-refractivity contribution in [2.75, 3.05) is 0 Å². The average Bonchev–Trinajstić information content (AvgIpc) is 2.84. The molecular weight excluding hydrogens is 156 g/mol. The molecule has 2 rings (SSSR count). The molecule has 0 N–H and O–H groups in total. The summed E-state index contributed by atoms with van der Waals surface area (Å²) in [5.41, 5.74) is 2.20. The van der Waals surface area contributed by atoms with Crippen molar-refractivity contribution in [2.24, 2.45) is 23.2 Å². The van der Waals surface area contributed by atoms with Gasteiger partial charge in [-0.3, -0.25) is 0 Å². The zero-order chi connectivity index (χ0) is 9.64. The van der Waals surface area contributed by atoms with E-state index in [4.69, 9.17) is 0 Å². The van der Waals surface area contributed by atoms with Crippen LogP contribution in [-0.4, -0.2) is 0 Å². The standard InChI is InChI=1S/C13H22/c1-5-6-12-10(4)13(12)8-11(13)7-9(2)3/h10-12H,2,5-8H2,1,3-4H3. The van der Waals surface area contributed by atoms with Crippen LogP contribution in [0.2, 0.25) is 0 Å². The molecule has 0 aliphatic heterocycles. The van der Waals surface area contributed by atoms with E-state index in [-0.39, 0.29) is 0 Å². The molecule has 0 aromatic rings. The topological polar surface area (TPSA) is 0 Å². The van der Waals surface area contributed by atoms with E-state index in [1.165, 1.54) is 31.3 Å². The Bertz CT molecular complexity index is 228. The monoisotopic (exact) mass is 178 g/mol. The quantitative estimate of drug-likeness (QED) is 0.570. The fraction of sp³-hybridized carbons (Fsp3) is 0.846. The van der Waals surface area contributed by atoms with Gasteiger partial charge in [-0.15, -0.1) is 6.58 Å². The molecule has 0 radical (unpaired) electrons. The Kier molecular flexibility index (Phi) is 2.05. The maximum absolute atomic E-state index is 4.02. The highest BCUT2D eigenvalue weighted by atomic mass is 14.8. The van der Waals surface area contributed by atoms with E-state index in [0.29, 0.717) is 0 Å². The summed E-state index contributed by atoms with van der Waals surface area (Å²) in [7, 11) is 0. The highest BCUT2D eigenvalue weighted by molar-refractivity contribution is 5.24. The molecule has 0 heteroatoms. The summed E-state index contributed by atoms with van der Waals surface area (Å²) in [6, 6.07) is 0. The highest BCUT2D eigenvalue weighted by Crippen LogP contribution is 2.80. The molecule has 2 fully saturated rings. The lowest BCUT2D eigenvalue weighted by Gasteiger charge is -1.97. The second kappa shape index (κ2) is 2.87. The van der Waals surface area contributed by atoms with Crippen molar-refractivity contribution in [1.82, 2.24) is 0 Å². The van der Waals surface area contributed by atoms with E-state index in [1.807, 2.05) is 0 Å². The maximum atomic E-state index is 4.02. The number of allylic oxidation sites excluding steroid dienone is 1. The van der Waals surface area contributed by atoms with Gasteiger partial charge in [0.2, 0.25) is 0 Å². The van der Waals surface area contributed by atoms with Crippen LogP contribution in [0.25, 0.3) is 0 Å². The Hall–Kier alpha value is -0.260. The van der Waals surface area contributed by atoms with Crippen LogP contribution in [0, 0.1) is 23.2 Å². The minimum Gasteiger partial charge on any atom is -0.100 e. The van der Waals surface area contributed by atoms with Crippen molar-refractivity contribution in [3.05, 3.63) is 12.2 Å². The van der Waals surface area contributed by atoms with Crippen LogP contribution in [0.4, 0.5) is 0 Å². The first-order chi connectivity index (χ1) is 6.13. The van der Waals surface area contributed by atoms with Gasteiger partial charge in [0.1, 0.15) is 0 Å². The summed E-state index contributed by atoms with van der Waals surface area (Å²) >= 11 is 0. The van der Waals surface area contributed by atoms with Gasteiger partial charge in [-0.1, -0.05) is 25.8 Å². The first-order valence-corrected chi connectivity index (χ1v) is 5.77. The number of hydrogen-bond acceptors (Lipinski definition) is 0. The molecule has 1 spiro atoms. The van der Waals surface area contributed by atoms with Gasteiger partial charge in [0.15, 0.2) is 0 Å². The van der Waals surface area contributed by atoms with Crippen molar-refractivity contribution >= 4 is 0 Å². The van der Waals surface area contributed by atoms with Gasteiger partial charge in [0.25, 0.3) is 0 Å². The molecule has 2 aliphatic carbocycles. The van der Waals surface area contributed by atoms with Crippen LogP contribution in [-0.2, 0) is 0 Å². The van der Waals surface area contributed by atoms with Gasteiger partial charge in [0.05, 0.1) is 0 Å². The molecular formula is C13H22. The third-order valence-electron chi connectivity index (χ3n) is 4.43. The molecule has 0 aromatic carbocycles. The molecule has 74 valence electrons. The first kappa shape index (κ1) is 9.30. The molecule has 4 unspecified atom stereocenters. The van der Waals surface area contributed by atoms with E-state index < -0.39 is 0 Å². The summed E-state index contributed by atoms with van der Waals surface area (Å²) < 4.78 is 0. The Balaban J connectivity index is 1.87. The number of rotatable bonds is 4. The molecule has 0 heterocycles. The van der Waals surface area contributed by atoms with Gasteiger partial charge in [-0.25, -0.2) is 0 Å².